The average Bonchev–Trinajstić information content (AvgIpc) is 3.53. The highest BCUT2D eigenvalue weighted by molar-refractivity contribution is 14.2. The zero-order valence-electron chi connectivity index (χ0n) is 20.7. The Morgan fingerprint density at radius 2 is 1.90 bits per heavy atom. The zero-order chi connectivity index (χ0) is 28.0. The van der Waals surface area contributed by atoms with Crippen LogP contribution in [0.3, 0.4) is 0 Å². The molecule has 1 spiro atoms. The van der Waals surface area contributed by atoms with Crippen molar-refractivity contribution in [1.29, 1.82) is 5.26 Å². The Labute approximate surface area is 237 Å². The smallest absolute Gasteiger partial charge is 0.380 e. The summed E-state index contributed by atoms with van der Waals surface area (Å²) in [6.07, 6.45) is -1.46. The SMILES string of the molecule is N#Cc1cc(-c2cc(C(=O)N3CCC(C(=O)N[C@H]4CC[C@@](O)(C(F)(F)F)CC4)CC34CC4)nn2PI)ncn1. The fraction of sp³-hybridized carbons (Fsp3) is 0.583. The molecule has 10 nitrogen and oxygen atoms in total. The van der Waals surface area contributed by atoms with Crippen molar-refractivity contribution in [3.8, 4) is 17.5 Å². The summed E-state index contributed by atoms with van der Waals surface area (Å²) in [6, 6.07) is 4.78. The molecule has 2 atom stereocenters. The van der Waals surface area contributed by atoms with E-state index in [1.54, 1.807) is 21.5 Å². The van der Waals surface area contributed by atoms with Crippen LogP contribution >= 0.6 is 28.4 Å². The summed E-state index contributed by atoms with van der Waals surface area (Å²) in [4.78, 5) is 36.5. The van der Waals surface area contributed by atoms with Crippen LogP contribution in [0.5, 0.6) is 0 Å². The second-order valence-electron chi connectivity index (χ2n) is 10.5. The van der Waals surface area contributed by atoms with Gasteiger partial charge in [0.2, 0.25) is 5.91 Å². The van der Waals surface area contributed by atoms with Gasteiger partial charge in [0.1, 0.15) is 18.1 Å². The number of likely N-dealkylation sites (tertiary alicyclic amines) is 1. The van der Waals surface area contributed by atoms with E-state index in [0.717, 1.165) is 12.8 Å². The Morgan fingerprint density at radius 1 is 1.18 bits per heavy atom. The van der Waals surface area contributed by atoms with Gasteiger partial charge in [-0.3, -0.25) is 9.59 Å². The van der Waals surface area contributed by atoms with Crippen molar-refractivity contribution >= 4 is 40.2 Å². The number of piperidine rings is 1. The van der Waals surface area contributed by atoms with E-state index in [9.17, 15) is 27.9 Å². The van der Waals surface area contributed by atoms with E-state index < -0.39 is 36.2 Å². The minimum Gasteiger partial charge on any atom is -0.380 e. The molecule has 1 saturated heterocycles. The molecule has 0 radical (unpaired) electrons. The predicted molar refractivity (Wildman–Crippen MR) is 143 cm³/mol. The molecular formula is C24H26F3IN7O3P. The maximum atomic E-state index is 13.6. The van der Waals surface area contributed by atoms with Gasteiger partial charge in [-0.05, 0) is 79.5 Å². The molecule has 2 amide bonds. The molecule has 15 heteroatoms. The van der Waals surface area contributed by atoms with Gasteiger partial charge < -0.3 is 15.3 Å². The van der Waals surface area contributed by atoms with Crippen LogP contribution < -0.4 is 5.32 Å². The number of alkyl halides is 3. The maximum Gasteiger partial charge on any atom is 0.417 e. The standard InChI is InChI=1S/C24H26F3IN7O3P/c25-24(26,27)23(38)4-1-15(2-5-23)32-20(36)14-3-8-34(22(11-14)6-7-22)21(37)18-10-19(35(33-18)39-28)17-9-16(12-29)30-13-31-17/h9-10,13-15,38-39H,1-8,11H2,(H,32,36)/t14?,15-,23-. The van der Waals surface area contributed by atoms with Crippen molar-refractivity contribution in [1.82, 2.24) is 29.7 Å². The normalized spacial score (nSPS) is 26.5. The molecule has 3 heterocycles. The van der Waals surface area contributed by atoms with Crippen LogP contribution in [0, 0.1) is 17.2 Å². The minimum atomic E-state index is -4.68. The van der Waals surface area contributed by atoms with Crippen LogP contribution in [0.2, 0.25) is 0 Å². The molecule has 3 aliphatic rings. The van der Waals surface area contributed by atoms with Crippen LogP contribution in [0.1, 0.15) is 67.5 Å². The summed E-state index contributed by atoms with van der Waals surface area (Å²) in [5.74, 6) is -0.769. The number of nitrogens with zero attached hydrogens (tertiary/aromatic N) is 6. The summed E-state index contributed by atoms with van der Waals surface area (Å²) in [7, 11) is 0. The summed E-state index contributed by atoms with van der Waals surface area (Å²) in [5.41, 5.74) is -1.55. The number of nitrogens with one attached hydrogen (secondary N) is 1. The van der Waals surface area contributed by atoms with Crippen LogP contribution in [-0.4, -0.2) is 71.2 Å². The van der Waals surface area contributed by atoms with Crippen molar-refractivity contribution in [2.45, 2.75) is 74.7 Å². The minimum absolute atomic E-state index is 0.0644. The molecule has 2 N–H and O–H groups in total. The number of nitriles is 1. The third kappa shape index (κ3) is 5.50. The summed E-state index contributed by atoms with van der Waals surface area (Å²) < 4.78 is 40.9. The molecule has 208 valence electrons. The largest absolute Gasteiger partial charge is 0.417 e. The van der Waals surface area contributed by atoms with Gasteiger partial charge in [0, 0.05) is 30.1 Å². The van der Waals surface area contributed by atoms with Crippen LogP contribution in [0.15, 0.2) is 18.5 Å². The van der Waals surface area contributed by atoms with Crippen molar-refractivity contribution in [2.75, 3.05) is 6.54 Å². The first-order chi connectivity index (χ1) is 18.5. The van der Waals surface area contributed by atoms with Crippen molar-refractivity contribution < 1.29 is 27.9 Å². The molecule has 0 aromatic carbocycles. The number of halogens is 4. The monoisotopic (exact) mass is 675 g/mol. The zero-order valence-corrected chi connectivity index (χ0v) is 23.9. The van der Waals surface area contributed by atoms with E-state index >= 15 is 0 Å². The number of aliphatic hydroxyl groups is 1. The number of rotatable bonds is 5. The van der Waals surface area contributed by atoms with E-state index in [-0.39, 0.29) is 48.3 Å². The molecule has 39 heavy (non-hydrogen) atoms. The highest BCUT2D eigenvalue weighted by atomic mass is 127. The van der Waals surface area contributed by atoms with Gasteiger partial charge in [-0.15, -0.1) is 0 Å². The first-order valence-corrected chi connectivity index (χ1v) is 16.7. The van der Waals surface area contributed by atoms with E-state index in [1.165, 1.54) is 6.33 Å². The Balaban J connectivity index is 1.24. The molecule has 2 aromatic heterocycles. The van der Waals surface area contributed by atoms with Crippen LogP contribution in [0.4, 0.5) is 13.2 Å². The second-order valence-corrected chi connectivity index (χ2v) is 12.5. The molecule has 0 bridgehead atoms. The van der Waals surface area contributed by atoms with Crippen molar-refractivity contribution in [3.05, 3.63) is 29.8 Å². The number of hydrogen-bond acceptors (Lipinski definition) is 7. The van der Waals surface area contributed by atoms with Gasteiger partial charge in [-0.2, -0.15) is 23.5 Å². The first-order valence-electron chi connectivity index (χ1n) is 12.6. The van der Waals surface area contributed by atoms with Gasteiger partial charge in [0.15, 0.2) is 11.3 Å². The Morgan fingerprint density at radius 3 is 2.51 bits per heavy atom. The molecule has 5 rings (SSSR count). The lowest BCUT2D eigenvalue weighted by molar-refractivity contribution is -0.270. The summed E-state index contributed by atoms with van der Waals surface area (Å²) >= 11 is 2.15. The third-order valence-electron chi connectivity index (χ3n) is 8.08. The molecular weight excluding hydrogens is 649 g/mol. The number of carbonyl (C=O) groups is 2. The van der Waals surface area contributed by atoms with Gasteiger partial charge in [0.05, 0.1) is 17.8 Å². The van der Waals surface area contributed by atoms with E-state index in [2.05, 4.69) is 42.4 Å². The van der Waals surface area contributed by atoms with E-state index in [0.29, 0.717) is 30.8 Å². The van der Waals surface area contributed by atoms with Gasteiger partial charge in [-0.25, -0.2) is 14.4 Å². The van der Waals surface area contributed by atoms with E-state index in [4.69, 9.17) is 5.26 Å². The lowest BCUT2D eigenvalue weighted by atomic mass is 9.81. The van der Waals surface area contributed by atoms with Gasteiger partial charge >= 0.3 is 6.18 Å². The van der Waals surface area contributed by atoms with Crippen molar-refractivity contribution in [3.63, 3.8) is 0 Å². The Hall–Kier alpha value is -2.37. The molecule has 3 fully saturated rings. The number of amides is 2. The molecule has 2 aromatic rings. The quantitative estimate of drug-likeness (QED) is 0.364. The fourth-order valence-electron chi connectivity index (χ4n) is 5.62. The second kappa shape index (κ2) is 10.6. The average molecular weight is 675 g/mol. The lowest BCUT2D eigenvalue weighted by Gasteiger charge is -2.41. The van der Waals surface area contributed by atoms with Crippen LogP contribution in [-0.2, 0) is 4.79 Å². The van der Waals surface area contributed by atoms with Gasteiger partial charge in [0.25, 0.3) is 5.91 Å². The lowest BCUT2D eigenvalue weighted by Crippen LogP contribution is -2.54. The Kier molecular flexibility index (Phi) is 7.62. The summed E-state index contributed by atoms with van der Waals surface area (Å²) in [6.45, 7) is 0.371. The van der Waals surface area contributed by atoms with Crippen LogP contribution in [0.25, 0.3) is 11.4 Å². The Bertz CT molecular complexity index is 1320. The maximum absolute atomic E-state index is 13.6. The van der Waals surface area contributed by atoms with E-state index in [1.807, 2.05) is 6.07 Å². The predicted octanol–water partition coefficient (Wildman–Crippen LogP) is 3.74. The third-order valence-corrected chi connectivity index (χ3v) is 9.95. The highest BCUT2D eigenvalue weighted by Gasteiger charge is 2.56. The number of carbonyl (C=O) groups excluding carboxylic acids is 2. The van der Waals surface area contributed by atoms with Gasteiger partial charge in [-0.1, -0.05) is 0 Å². The number of aromatic nitrogens is 4. The highest BCUT2D eigenvalue weighted by Crippen LogP contribution is 2.51. The molecule has 2 unspecified atom stereocenters. The topological polar surface area (TPSA) is 137 Å². The first kappa shape index (κ1) is 28.2. The molecule has 2 saturated carbocycles. The molecule has 1 aliphatic heterocycles. The molecule has 2 aliphatic carbocycles. The van der Waals surface area contributed by atoms with Crippen molar-refractivity contribution in [2.24, 2.45) is 5.92 Å². The summed E-state index contributed by atoms with van der Waals surface area (Å²) in [5, 5.41) is 26.4. The fourth-order valence-corrected chi connectivity index (χ4v) is 7.14. The number of hydrogen-bond donors (Lipinski definition) is 2.